The van der Waals surface area contributed by atoms with Crippen LogP contribution in [0.15, 0.2) is 66.0 Å². The van der Waals surface area contributed by atoms with Crippen molar-refractivity contribution >= 4 is 39.7 Å². The van der Waals surface area contributed by atoms with E-state index in [1.807, 2.05) is 41.8 Å². The standard InChI is InChI=1S/C24H25N5OS/c1-27-20-9-4-2-7-18(20)25-23(27)17-28-12-14-29(15-13-28)21-10-5-3-8-19(21)26-24(30)22-11-6-16-31-22/h2-11,16H,12-15,17H2,1H3,(H,26,30). The number of nitrogens with zero attached hydrogens (tertiary/aromatic N) is 4. The Hall–Kier alpha value is -3.16. The van der Waals surface area contributed by atoms with Crippen molar-refractivity contribution in [2.45, 2.75) is 6.54 Å². The first-order chi connectivity index (χ1) is 15.2. The number of carbonyl (C=O) groups excluding carboxylic acids is 1. The second-order valence-electron chi connectivity index (χ2n) is 7.79. The van der Waals surface area contributed by atoms with Crippen molar-refractivity contribution < 1.29 is 4.79 Å². The predicted octanol–water partition coefficient (Wildman–Crippen LogP) is 4.21. The number of aromatic nitrogens is 2. The lowest BCUT2D eigenvalue weighted by Gasteiger charge is -2.36. The fourth-order valence-electron chi connectivity index (χ4n) is 4.13. The number of piperazine rings is 1. The second-order valence-corrected chi connectivity index (χ2v) is 8.74. The summed E-state index contributed by atoms with van der Waals surface area (Å²) in [6, 6.07) is 20.1. The molecular weight excluding hydrogens is 406 g/mol. The van der Waals surface area contributed by atoms with Crippen molar-refractivity contribution in [1.29, 1.82) is 0 Å². The van der Waals surface area contributed by atoms with E-state index in [4.69, 9.17) is 4.98 Å². The quantitative estimate of drug-likeness (QED) is 0.514. The number of fused-ring (bicyclic) bond motifs is 1. The van der Waals surface area contributed by atoms with Crippen LogP contribution in [0.3, 0.4) is 0 Å². The van der Waals surface area contributed by atoms with Crippen molar-refractivity contribution in [2.24, 2.45) is 7.05 Å². The van der Waals surface area contributed by atoms with Crippen LogP contribution in [0.2, 0.25) is 0 Å². The van der Waals surface area contributed by atoms with Gasteiger partial charge in [-0.05, 0) is 35.7 Å². The maximum absolute atomic E-state index is 12.5. The molecular formula is C24H25N5OS. The summed E-state index contributed by atoms with van der Waals surface area (Å²) in [6.07, 6.45) is 0. The van der Waals surface area contributed by atoms with E-state index in [-0.39, 0.29) is 5.91 Å². The number of amides is 1. The highest BCUT2D eigenvalue weighted by Gasteiger charge is 2.21. The molecule has 1 aliphatic heterocycles. The smallest absolute Gasteiger partial charge is 0.265 e. The van der Waals surface area contributed by atoms with Crippen LogP contribution in [0.25, 0.3) is 11.0 Å². The molecule has 1 aliphatic rings. The van der Waals surface area contributed by atoms with Crippen molar-refractivity contribution in [3.63, 3.8) is 0 Å². The zero-order chi connectivity index (χ0) is 21.2. The van der Waals surface area contributed by atoms with Gasteiger partial charge >= 0.3 is 0 Å². The largest absolute Gasteiger partial charge is 0.367 e. The molecule has 0 aliphatic carbocycles. The topological polar surface area (TPSA) is 53.4 Å². The summed E-state index contributed by atoms with van der Waals surface area (Å²) in [6.45, 7) is 4.58. The Kier molecular flexibility index (Phi) is 5.44. The molecule has 1 saturated heterocycles. The first-order valence-electron chi connectivity index (χ1n) is 10.5. The third-order valence-corrected chi connectivity index (χ3v) is 6.72. The first-order valence-corrected chi connectivity index (χ1v) is 11.4. The minimum atomic E-state index is -0.0528. The molecule has 2 aromatic heterocycles. The van der Waals surface area contributed by atoms with Gasteiger partial charge in [0.05, 0.1) is 33.8 Å². The molecule has 0 bridgehead atoms. The average molecular weight is 432 g/mol. The van der Waals surface area contributed by atoms with Gasteiger partial charge in [-0.2, -0.15) is 0 Å². The molecule has 1 amide bonds. The lowest BCUT2D eigenvalue weighted by Crippen LogP contribution is -2.46. The molecule has 4 aromatic rings. The highest BCUT2D eigenvalue weighted by atomic mass is 32.1. The van der Waals surface area contributed by atoms with Crippen LogP contribution in [0.5, 0.6) is 0 Å². The zero-order valence-corrected chi connectivity index (χ0v) is 18.3. The van der Waals surface area contributed by atoms with Crippen LogP contribution in [0, 0.1) is 0 Å². The van der Waals surface area contributed by atoms with Gasteiger partial charge in [-0.3, -0.25) is 9.69 Å². The molecule has 5 rings (SSSR count). The van der Waals surface area contributed by atoms with Crippen LogP contribution < -0.4 is 10.2 Å². The molecule has 0 spiro atoms. The predicted molar refractivity (Wildman–Crippen MR) is 127 cm³/mol. The van der Waals surface area contributed by atoms with Gasteiger partial charge in [0, 0.05) is 33.2 Å². The third-order valence-electron chi connectivity index (χ3n) is 5.85. The number of thiophene rings is 1. The fourth-order valence-corrected chi connectivity index (χ4v) is 4.75. The van der Waals surface area contributed by atoms with E-state index in [1.54, 1.807) is 0 Å². The Labute approximate surface area is 185 Å². The van der Waals surface area contributed by atoms with Gasteiger partial charge in [-0.25, -0.2) is 4.98 Å². The maximum Gasteiger partial charge on any atom is 0.265 e. The van der Waals surface area contributed by atoms with Crippen LogP contribution in [-0.2, 0) is 13.6 Å². The van der Waals surface area contributed by atoms with E-state index in [2.05, 4.69) is 51.0 Å². The molecule has 0 radical (unpaired) electrons. The number of rotatable bonds is 5. The number of benzene rings is 2. The summed E-state index contributed by atoms with van der Waals surface area (Å²) in [4.78, 5) is 22.9. The van der Waals surface area contributed by atoms with Crippen molar-refractivity contribution in [1.82, 2.24) is 14.5 Å². The Morgan fingerprint density at radius 3 is 2.55 bits per heavy atom. The lowest BCUT2D eigenvalue weighted by molar-refractivity contribution is 0.103. The molecule has 0 saturated carbocycles. The van der Waals surface area contributed by atoms with Gasteiger partial charge in [0.2, 0.25) is 0 Å². The van der Waals surface area contributed by atoms with Crippen LogP contribution in [0.4, 0.5) is 11.4 Å². The minimum absolute atomic E-state index is 0.0528. The molecule has 158 valence electrons. The normalized spacial score (nSPS) is 14.8. The molecule has 0 atom stereocenters. The summed E-state index contributed by atoms with van der Waals surface area (Å²) in [7, 11) is 2.09. The van der Waals surface area contributed by atoms with E-state index >= 15 is 0 Å². The molecule has 1 N–H and O–H groups in total. The number of aryl methyl sites for hydroxylation is 1. The van der Waals surface area contributed by atoms with E-state index < -0.39 is 0 Å². The van der Waals surface area contributed by atoms with Gasteiger partial charge in [0.15, 0.2) is 0 Å². The SMILES string of the molecule is Cn1c(CN2CCN(c3ccccc3NC(=O)c3cccs3)CC2)nc2ccccc21. The van der Waals surface area contributed by atoms with Gasteiger partial charge in [-0.15, -0.1) is 11.3 Å². The van der Waals surface area contributed by atoms with Gasteiger partial charge < -0.3 is 14.8 Å². The highest BCUT2D eigenvalue weighted by molar-refractivity contribution is 7.12. The second kappa shape index (κ2) is 8.53. The Morgan fingerprint density at radius 2 is 1.77 bits per heavy atom. The van der Waals surface area contributed by atoms with E-state index in [1.165, 1.54) is 16.9 Å². The lowest BCUT2D eigenvalue weighted by atomic mass is 10.2. The van der Waals surface area contributed by atoms with E-state index in [0.29, 0.717) is 0 Å². The number of para-hydroxylation sites is 4. The average Bonchev–Trinajstić information content (AvgIpc) is 3.44. The molecule has 0 unspecified atom stereocenters. The molecule has 1 fully saturated rings. The minimum Gasteiger partial charge on any atom is -0.367 e. The first kappa shape index (κ1) is 19.8. The summed E-state index contributed by atoms with van der Waals surface area (Å²) in [5, 5.41) is 5.01. The van der Waals surface area contributed by atoms with Gasteiger partial charge in [0.25, 0.3) is 5.91 Å². The molecule has 6 nitrogen and oxygen atoms in total. The maximum atomic E-state index is 12.5. The number of carbonyl (C=O) groups is 1. The number of hydrogen-bond acceptors (Lipinski definition) is 5. The Bertz CT molecular complexity index is 1190. The summed E-state index contributed by atoms with van der Waals surface area (Å²) >= 11 is 1.46. The molecule has 3 heterocycles. The summed E-state index contributed by atoms with van der Waals surface area (Å²) < 4.78 is 2.19. The monoisotopic (exact) mass is 431 g/mol. The van der Waals surface area contributed by atoms with Crippen LogP contribution in [0.1, 0.15) is 15.5 Å². The molecule has 31 heavy (non-hydrogen) atoms. The van der Waals surface area contributed by atoms with Crippen molar-refractivity contribution in [2.75, 3.05) is 36.4 Å². The van der Waals surface area contributed by atoms with Crippen molar-refractivity contribution in [3.8, 4) is 0 Å². The molecule has 2 aromatic carbocycles. The zero-order valence-electron chi connectivity index (χ0n) is 17.5. The summed E-state index contributed by atoms with van der Waals surface area (Å²) in [5.74, 6) is 1.04. The highest BCUT2D eigenvalue weighted by Crippen LogP contribution is 2.28. The molecule has 7 heteroatoms. The van der Waals surface area contributed by atoms with Gasteiger partial charge in [-0.1, -0.05) is 30.3 Å². The number of hydrogen-bond donors (Lipinski definition) is 1. The number of imidazole rings is 1. The van der Waals surface area contributed by atoms with Crippen LogP contribution in [-0.4, -0.2) is 46.5 Å². The third kappa shape index (κ3) is 4.06. The van der Waals surface area contributed by atoms with Crippen molar-refractivity contribution in [3.05, 3.63) is 76.7 Å². The fraction of sp³-hybridized carbons (Fsp3) is 0.250. The Balaban J connectivity index is 1.25. The van der Waals surface area contributed by atoms with E-state index in [0.717, 1.165) is 60.3 Å². The van der Waals surface area contributed by atoms with Gasteiger partial charge in [0.1, 0.15) is 5.82 Å². The van der Waals surface area contributed by atoms with E-state index in [9.17, 15) is 4.79 Å². The van der Waals surface area contributed by atoms with Crippen LogP contribution >= 0.6 is 11.3 Å². The Morgan fingerprint density at radius 1 is 1.00 bits per heavy atom. The number of anilines is 2. The number of nitrogens with one attached hydrogen (secondary N) is 1. The summed E-state index contributed by atoms with van der Waals surface area (Å²) in [5.41, 5.74) is 4.17.